The van der Waals surface area contributed by atoms with Crippen LogP contribution in [0.2, 0.25) is 0 Å². The Labute approximate surface area is 105 Å². The van der Waals surface area contributed by atoms with E-state index in [1.807, 2.05) is 0 Å². The molecule has 92 valence electrons. The molecule has 1 aromatic carbocycles. The Morgan fingerprint density at radius 2 is 2.00 bits per heavy atom. The first kappa shape index (κ1) is 11.3. The smallest absolute Gasteiger partial charge is 0.00106 e. The Hall–Kier alpha value is -0.820. The number of rotatable bonds is 5. The standard InChI is InChI=1S/C16H23N/c1-2-17-12-16(9-6-10-16)15-11-14(15)13-7-4-3-5-8-13/h3-5,7-8,14-15,17H,2,6,9-12H2,1H3. The van der Waals surface area contributed by atoms with Crippen LogP contribution in [0, 0.1) is 11.3 Å². The van der Waals surface area contributed by atoms with Crippen LogP contribution in [0.1, 0.15) is 44.1 Å². The summed E-state index contributed by atoms with van der Waals surface area (Å²) in [5, 5.41) is 3.58. The highest BCUT2D eigenvalue weighted by Crippen LogP contribution is 2.63. The van der Waals surface area contributed by atoms with Crippen molar-refractivity contribution in [2.24, 2.45) is 11.3 Å². The molecule has 2 fully saturated rings. The minimum atomic E-state index is 0.649. The minimum Gasteiger partial charge on any atom is -0.316 e. The van der Waals surface area contributed by atoms with Crippen LogP contribution in [0.3, 0.4) is 0 Å². The molecule has 0 saturated heterocycles. The minimum absolute atomic E-state index is 0.649. The van der Waals surface area contributed by atoms with Crippen LogP contribution < -0.4 is 5.32 Å². The van der Waals surface area contributed by atoms with Crippen LogP contribution in [-0.2, 0) is 0 Å². The Morgan fingerprint density at radius 1 is 1.24 bits per heavy atom. The first-order chi connectivity index (χ1) is 8.36. The van der Waals surface area contributed by atoms with Gasteiger partial charge in [0.15, 0.2) is 0 Å². The summed E-state index contributed by atoms with van der Waals surface area (Å²) in [7, 11) is 0. The van der Waals surface area contributed by atoms with Gasteiger partial charge < -0.3 is 5.32 Å². The highest BCUT2D eigenvalue weighted by molar-refractivity contribution is 5.28. The maximum Gasteiger partial charge on any atom is 0.00106 e. The first-order valence-electron chi connectivity index (χ1n) is 7.11. The van der Waals surface area contributed by atoms with E-state index < -0.39 is 0 Å². The molecule has 1 nitrogen and oxygen atoms in total. The molecule has 1 aromatic rings. The Morgan fingerprint density at radius 3 is 2.59 bits per heavy atom. The van der Waals surface area contributed by atoms with Gasteiger partial charge in [0.1, 0.15) is 0 Å². The Kier molecular flexibility index (Phi) is 2.96. The monoisotopic (exact) mass is 229 g/mol. The van der Waals surface area contributed by atoms with Gasteiger partial charge in [-0.3, -0.25) is 0 Å². The number of hydrogen-bond donors (Lipinski definition) is 1. The van der Waals surface area contributed by atoms with Crippen molar-refractivity contribution in [1.82, 2.24) is 5.32 Å². The topological polar surface area (TPSA) is 12.0 Å². The van der Waals surface area contributed by atoms with Crippen molar-refractivity contribution in [3.8, 4) is 0 Å². The molecule has 17 heavy (non-hydrogen) atoms. The van der Waals surface area contributed by atoms with Gasteiger partial charge in [0.25, 0.3) is 0 Å². The van der Waals surface area contributed by atoms with Gasteiger partial charge in [-0.15, -0.1) is 0 Å². The zero-order chi connectivity index (χ0) is 11.7. The lowest BCUT2D eigenvalue weighted by Gasteiger charge is -2.43. The summed E-state index contributed by atoms with van der Waals surface area (Å²) in [6, 6.07) is 11.1. The summed E-state index contributed by atoms with van der Waals surface area (Å²) in [4.78, 5) is 0. The number of benzene rings is 1. The molecular formula is C16H23N. The molecule has 3 rings (SSSR count). The Bertz CT molecular complexity index is 366. The molecule has 2 aliphatic carbocycles. The van der Waals surface area contributed by atoms with Gasteiger partial charge in [-0.25, -0.2) is 0 Å². The molecule has 2 unspecified atom stereocenters. The van der Waals surface area contributed by atoms with E-state index in [2.05, 4.69) is 42.6 Å². The second-order valence-corrected chi connectivity index (χ2v) is 5.86. The molecule has 0 heterocycles. The first-order valence-corrected chi connectivity index (χ1v) is 7.11. The fourth-order valence-electron chi connectivity index (χ4n) is 3.62. The van der Waals surface area contributed by atoms with Gasteiger partial charge in [0.2, 0.25) is 0 Å². The fourth-order valence-corrected chi connectivity index (χ4v) is 3.62. The lowest BCUT2D eigenvalue weighted by atomic mass is 9.64. The average molecular weight is 229 g/mol. The van der Waals surface area contributed by atoms with Crippen molar-refractivity contribution >= 4 is 0 Å². The van der Waals surface area contributed by atoms with Crippen LogP contribution in [0.5, 0.6) is 0 Å². The van der Waals surface area contributed by atoms with Gasteiger partial charge in [-0.2, -0.15) is 0 Å². The highest BCUT2D eigenvalue weighted by Gasteiger charge is 2.55. The molecule has 2 saturated carbocycles. The largest absolute Gasteiger partial charge is 0.316 e. The van der Waals surface area contributed by atoms with Crippen molar-refractivity contribution in [3.63, 3.8) is 0 Å². The van der Waals surface area contributed by atoms with E-state index in [0.29, 0.717) is 5.41 Å². The van der Waals surface area contributed by atoms with Crippen LogP contribution in [0.15, 0.2) is 30.3 Å². The third-order valence-corrected chi connectivity index (χ3v) is 4.88. The van der Waals surface area contributed by atoms with E-state index >= 15 is 0 Å². The summed E-state index contributed by atoms with van der Waals surface area (Å²) in [5.41, 5.74) is 2.22. The molecule has 0 spiro atoms. The van der Waals surface area contributed by atoms with Crippen LogP contribution in [-0.4, -0.2) is 13.1 Å². The summed E-state index contributed by atoms with van der Waals surface area (Å²) in [6.07, 6.45) is 5.78. The van der Waals surface area contributed by atoms with Gasteiger partial charge in [0, 0.05) is 6.54 Å². The molecule has 2 aliphatic rings. The maximum atomic E-state index is 3.58. The van der Waals surface area contributed by atoms with E-state index in [4.69, 9.17) is 0 Å². The average Bonchev–Trinajstić information content (AvgIpc) is 3.10. The lowest BCUT2D eigenvalue weighted by Crippen LogP contribution is -2.42. The van der Waals surface area contributed by atoms with Crippen LogP contribution >= 0.6 is 0 Å². The van der Waals surface area contributed by atoms with Crippen molar-refractivity contribution in [2.75, 3.05) is 13.1 Å². The predicted octanol–water partition coefficient (Wildman–Crippen LogP) is 3.57. The summed E-state index contributed by atoms with van der Waals surface area (Å²) in [5.74, 6) is 1.81. The van der Waals surface area contributed by atoms with Crippen molar-refractivity contribution in [3.05, 3.63) is 35.9 Å². The van der Waals surface area contributed by atoms with E-state index in [9.17, 15) is 0 Å². The quantitative estimate of drug-likeness (QED) is 0.814. The third-order valence-electron chi connectivity index (χ3n) is 4.88. The zero-order valence-corrected chi connectivity index (χ0v) is 10.8. The van der Waals surface area contributed by atoms with Gasteiger partial charge in [-0.1, -0.05) is 43.7 Å². The van der Waals surface area contributed by atoms with Gasteiger partial charge in [0.05, 0.1) is 0 Å². The van der Waals surface area contributed by atoms with Gasteiger partial charge >= 0.3 is 0 Å². The van der Waals surface area contributed by atoms with E-state index in [1.54, 1.807) is 5.56 Å². The second kappa shape index (κ2) is 4.45. The van der Waals surface area contributed by atoms with E-state index in [0.717, 1.165) is 18.4 Å². The summed E-state index contributed by atoms with van der Waals surface area (Å²) >= 11 is 0. The Balaban J connectivity index is 1.67. The van der Waals surface area contributed by atoms with Crippen molar-refractivity contribution < 1.29 is 0 Å². The summed E-state index contributed by atoms with van der Waals surface area (Å²) < 4.78 is 0. The normalized spacial score (nSPS) is 29.7. The highest BCUT2D eigenvalue weighted by atomic mass is 14.9. The zero-order valence-electron chi connectivity index (χ0n) is 10.8. The lowest BCUT2D eigenvalue weighted by molar-refractivity contribution is 0.0970. The SMILES string of the molecule is CCNCC1(C2CC2c2ccccc2)CCC1. The fraction of sp³-hybridized carbons (Fsp3) is 0.625. The van der Waals surface area contributed by atoms with Crippen LogP contribution in [0.4, 0.5) is 0 Å². The molecule has 1 N–H and O–H groups in total. The van der Waals surface area contributed by atoms with Crippen LogP contribution in [0.25, 0.3) is 0 Å². The molecule has 0 aromatic heterocycles. The molecule has 0 amide bonds. The second-order valence-electron chi connectivity index (χ2n) is 5.86. The molecule has 0 aliphatic heterocycles. The number of hydrogen-bond acceptors (Lipinski definition) is 1. The molecular weight excluding hydrogens is 206 g/mol. The predicted molar refractivity (Wildman–Crippen MR) is 72.1 cm³/mol. The van der Waals surface area contributed by atoms with Crippen molar-refractivity contribution in [1.29, 1.82) is 0 Å². The van der Waals surface area contributed by atoms with Crippen molar-refractivity contribution in [2.45, 2.75) is 38.5 Å². The van der Waals surface area contributed by atoms with E-state index in [1.165, 1.54) is 32.2 Å². The molecule has 0 radical (unpaired) electrons. The summed E-state index contributed by atoms with van der Waals surface area (Å²) in [6.45, 7) is 4.58. The molecule has 2 atom stereocenters. The maximum absolute atomic E-state index is 3.58. The van der Waals surface area contributed by atoms with E-state index in [-0.39, 0.29) is 0 Å². The third kappa shape index (κ3) is 2.01. The molecule has 1 heteroatoms. The number of nitrogens with one attached hydrogen (secondary N) is 1. The van der Waals surface area contributed by atoms with Gasteiger partial charge in [-0.05, 0) is 48.6 Å². The molecule has 0 bridgehead atoms.